The number of hydrogen-bond acceptors (Lipinski definition) is 1. The van der Waals surface area contributed by atoms with Gasteiger partial charge in [0.05, 0.1) is 0 Å². The van der Waals surface area contributed by atoms with E-state index in [4.69, 9.17) is 4.74 Å². The van der Waals surface area contributed by atoms with Crippen LogP contribution < -0.4 is 4.74 Å². The molecule has 2 aromatic carbocycles. The molecule has 0 spiro atoms. The van der Waals surface area contributed by atoms with E-state index in [0.717, 1.165) is 5.75 Å². The molecule has 2 aromatic rings. The monoisotopic (exact) mass is 187 g/mol. The zero-order valence-corrected chi connectivity index (χ0v) is 7.48. The molecule has 0 aliphatic carbocycles. The van der Waals surface area contributed by atoms with Gasteiger partial charge in [0.25, 0.3) is 0 Å². The van der Waals surface area contributed by atoms with Crippen molar-refractivity contribution in [2.75, 3.05) is 0 Å². The zero-order valence-electron chi connectivity index (χ0n) is 7.48. The molecule has 1 nitrogen and oxygen atoms in total. The van der Waals surface area contributed by atoms with Gasteiger partial charge in [-0.3, -0.25) is 0 Å². The maximum Gasteiger partial charge on any atom is 0.127 e. The van der Waals surface area contributed by atoms with Crippen molar-refractivity contribution in [2.45, 2.75) is 0 Å². The molecule has 0 atom stereocenters. The first-order chi connectivity index (χ1) is 6.84. The fraction of sp³-hybridized carbons (Fsp3) is 0. The summed E-state index contributed by atoms with van der Waals surface area (Å²) in [6, 6.07) is 15.3. The van der Waals surface area contributed by atoms with E-state index in [1.54, 1.807) is 12.1 Å². The first kappa shape index (κ1) is 8.75. The summed E-state index contributed by atoms with van der Waals surface area (Å²) in [5.74, 6) is 1.13. The Morgan fingerprint density at radius 1 is 0.714 bits per heavy atom. The second-order valence-electron chi connectivity index (χ2n) is 2.87. The van der Waals surface area contributed by atoms with Crippen LogP contribution in [0, 0.1) is 5.82 Å². The van der Waals surface area contributed by atoms with Crippen LogP contribution in [0.2, 0.25) is 0 Å². The molecule has 0 aliphatic rings. The molecule has 0 aromatic heterocycles. The molecule has 0 fully saturated rings. The molecule has 2 heteroatoms. The normalized spacial score (nSPS) is 9.79. The van der Waals surface area contributed by atoms with Gasteiger partial charge in [-0.15, -0.1) is 0 Å². The predicted molar refractivity (Wildman–Crippen MR) is 52.9 cm³/mol. The van der Waals surface area contributed by atoms with E-state index >= 15 is 0 Å². The van der Waals surface area contributed by atoms with Crippen LogP contribution in [0.15, 0.2) is 54.6 Å². The standard InChI is InChI=1S/C12H9FO/c13-10-6-8-12(9-7-10)14-11-4-2-1-3-5-11/h1-9H/i13-1. The molecule has 0 N–H and O–H groups in total. The van der Waals surface area contributed by atoms with Gasteiger partial charge in [-0.2, -0.15) is 0 Å². The summed E-state index contributed by atoms with van der Waals surface area (Å²) in [4.78, 5) is 0. The summed E-state index contributed by atoms with van der Waals surface area (Å²) < 4.78 is 18.0. The number of rotatable bonds is 2. The summed E-state index contributed by atoms with van der Waals surface area (Å²) >= 11 is 0. The van der Waals surface area contributed by atoms with Crippen molar-refractivity contribution >= 4 is 0 Å². The highest BCUT2D eigenvalue weighted by atomic mass is 18.2. The third-order valence-electron chi connectivity index (χ3n) is 1.79. The molecular weight excluding hydrogens is 178 g/mol. The van der Waals surface area contributed by atoms with E-state index in [1.165, 1.54) is 12.1 Å². The summed E-state index contributed by atoms with van der Waals surface area (Å²) in [6.07, 6.45) is 0. The molecule has 0 saturated heterocycles. The molecular formula is C12H9FO. The van der Waals surface area contributed by atoms with Crippen LogP contribution in [0.4, 0.5) is 4.39 Å². The minimum absolute atomic E-state index is 0.259. The molecule has 0 unspecified atom stereocenters. The summed E-state index contributed by atoms with van der Waals surface area (Å²) in [5.41, 5.74) is 0. The van der Waals surface area contributed by atoms with Crippen molar-refractivity contribution in [3.8, 4) is 11.5 Å². The van der Waals surface area contributed by atoms with Crippen molar-refractivity contribution in [3.63, 3.8) is 0 Å². The predicted octanol–water partition coefficient (Wildman–Crippen LogP) is 3.62. The Morgan fingerprint density at radius 2 is 1.29 bits per heavy atom. The molecule has 0 aliphatic heterocycles. The molecule has 0 bridgehead atoms. The Labute approximate surface area is 81.8 Å². The van der Waals surface area contributed by atoms with Crippen molar-refractivity contribution in [1.82, 2.24) is 0 Å². The van der Waals surface area contributed by atoms with Gasteiger partial charge in [0.2, 0.25) is 0 Å². The fourth-order valence-corrected chi connectivity index (χ4v) is 1.13. The van der Waals surface area contributed by atoms with Gasteiger partial charge in [-0.1, -0.05) is 18.2 Å². The lowest BCUT2D eigenvalue weighted by atomic mass is 10.3. The Hall–Kier alpha value is -1.83. The van der Waals surface area contributed by atoms with E-state index in [-0.39, 0.29) is 5.82 Å². The molecule has 0 radical (unpaired) electrons. The fourth-order valence-electron chi connectivity index (χ4n) is 1.13. The highest BCUT2D eigenvalue weighted by Gasteiger charge is 1.95. The zero-order chi connectivity index (χ0) is 9.80. The smallest absolute Gasteiger partial charge is 0.127 e. The van der Waals surface area contributed by atoms with Crippen LogP contribution in [0.1, 0.15) is 0 Å². The Kier molecular flexibility index (Phi) is 2.45. The summed E-state index contributed by atoms with van der Waals surface area (Å²) in [5, 5.41) is 0. The largest absolute Gasteiger partial charge is 0.457 e. The minimum Gasteiger partial charge on any atom is -0.457 e. The molecule has 0 saturated carbocycles. The maximum absolute atomic E-state index is 12.6. The third-order valence-corrected chi connectivity index (χ3v) is 1.79. The number of para-hydroxylation sites is 1. The van der Waals surface area contributed by atoms with Gasteiger partial charge in [-0.05, 0) is 36.4 Å². The van der Waals surface area contributed by atoms with Gasteiger partial charge < -0.3 is 4.74 Å². The lowest BCUT2D eigenvalue weighted by Crippen LogP contribution is -1.83. The van der Waals surface area contributed by atoms with E-state index in [0.29, 0.717) is 5.75 Å². The van der Waals surface area contributed by atoms with Crippen LogP contribution >= 0.6 is 0 Å². The first-order valence-electron chi connectivity index (χ1n) is 4.33. The topological polar surface area (TPSA) is 9.23 Å². The molecule has 0 heterocycles. The second-order valence-corrected chi connectivity index (χ2v) is 2.87. The van der Waals surface area contributed by atoms with E-state index in [1.807, 2.05) is 30.3 Å². The Morgan fingerprint density at radius 3 is 1.93 bits per heavy atom. The molecule has 70 valence electrons. The van der Waals surface area contributed by atoms with Crippen molar-refractivity contribution in [1.29, 1.82) is 0 Å². The van der Waals surface area contributed by atoms with Crippen LogP contribution in [-0.2, 0) is 0 Å². The highest BCUT2D eigenvalue weighted by Crippen LogP contribution is 2.20. The van der Waals surface area contributed by atoms with E-state index in [9.17, 15) is 4.39 Å². The second kappa shape index (κ2) is 3.92. The summed E-state index contributed by atoms with van der Waals surface area (Å²) in [6.45, 7) is 0. The molecule has 0 amide bonds. The van der Waals surface area contributed by atoms with Gasteiger partial charge in [-0.25, -0.2) is 4.39 Å². The first-order valence-corrected chi connectivity index (χ1v) is 4.33. The van der Waals surface area contributed by atoms with Crippen LogP contribution in [0.5, 0.6) is 11.5 Å². The van der Waals surface area contributed by atoms with Gasteiger partial charge in [0.15, 0.2) is 0 Å². The number of ether oxygens (including phenoxy) is 1. The molecule has 14 heavy (non-hydrogen) atoms. The van der Waals surface area contributed by atoms with Crippen molar-refractivity contribution < 1.29 is 9.13 Å². The minimum atomic E-state index is -0.259. The lowest BCUT2D eigenvalue weighted by molar-refractivity contribution is 0.480. The average molecular weight is 187 g/mol. The third kappa shape index (κ3) is 2.10. The number of hydrogen-bond donors (Lipinski definition) is 0. The SMILES string of the molecule is [18F]c1ccc(Oc2ccccc2)cc1. The van der Waals surface area contributed by atoms with Crippen molar-refractivity contribution in [3.05, 3.63) is 60.4 Å². The van der Waals surface area contributed by atoms with Gasteiger partial charge in [0.1, 0.15) is 17.3 Å². The number of halogens is 1. The Bertz CT molecular complexity index is 394. The van der Waals surface area contributed by atoms with Gasteiger partial charge >= 0.3 is 0 Å². The molecule has 2 rings (SSSR count). The maximum atomic E-state index is 12.6. The van der Waals surface area contributed by atoms with Gasteiger partial charge in [0, 0.05) is 0 Å². The van der Waals surface area contributed by atoms with Crippen LogP contribution in [0.3, 0.4) is 0 Å². The highest BCUT2D eigenvalue weighted by molar-refractivity contribution is 5.30. The average Bonchev–Trinajstić information content (AvgIpc) is 2.23. The van der Waals surface area contributed by atoms with E-state index < -0.39 is 0 Å². The quantitative estimate of drug-likeness (QED) is 0.697. The van der Waals surface area contributed by atoms with Crippen molar-refractivity contribution in [2.24, 2.45) is 0 Å². The van der Waals surface area contributed by atoms with Crippen LogP contribution in [-0.4, -0.2) is 0 Å². The lowest BCUT2D eigenvalue weighted by Gasteiger charge is -2.04. The number of benzene rings is 2. The van der Waals surface area contributed by atoms with E-state index in [2.05, 4.69) is 0 Å². The Balaban J connectivity index is 2.16. The summed E-state index contributed by atoms with van der Waals surface area (Å²) in [7, 11) is 0. The van der Waals surface area contributed by atoms with Crippen LogP contribution in [0.25, 0.3) is 0 Å².